The maximum atomic E-state index is 10.8. The third-order valence-corrected chi connectivity index (χ3v) is 1.74. The van der Waals surface area contributed by atoms with E-state index in [1.807, 2.05) is 0 Å². The third-order valence-electron chi connectivity index (χ3n) is 1.74. The molecule has 1 aliphatic heterocycles. The van der Waals surface area contributed by atoms with E-state index in [-0.39, 0.29) is 5.92 Å². The summed E-state index contributed by atoms with van der Waals surface area (Å²) in [4.78, 5) is 10.5. The van der Waals surface area contributed by atoms with Crippen LogP contribution in [0.4, 0.5) is 0 Å². The van der Waals surface area contributed by atoms with Crippen molar-refractivity contribution in [1.82, 2.24) is 0 Å². The SMILES string of the molecule is CC(=O)OC1C(C(C)O)C=[N+]1[O-]. The van der Waals surface area contributed by atoms with Crippen molar-refractivity contribution in [3.05, 3.63) is 5.21 Å². The zero-order chi connectivity index (χ0) is 9.30. The first-order valence-corrected chi connectivity index (χ1v) is 3.68. The fourth-order valence-electron chi connectivity index (χ4n) is 1.06. The first kappa shape index (κ1) is 8.99. The van der Waals surface area contributed by atoms with Gasteiger partial charge in [0.15, 0.2) is 12.1 Å². The fraction of sp³-hybridized carbons (Fsp3) is 0.714. The average molecular weight is 173 g/mol. The highest BCUT2D eigenvalue weighted by molar-refractivity contribution is 5.68. The number of carbonyl (C=O) groups excluding carboxylic acids is 1. The molecular weight excluding hydrogens is 162 g/mol. The molecule has 12 heavy (non-hydrogen) atoms. The Labute approximate surface area is 69.8 Å². The van der Waals surface area contributed by atoms with Crippen molar-refractivity contribution in [2.45, 2.75) is 26.2 Å². The van der Waals surface area contributed by atoms with E-state index < -0.39 is 18.3 Å². The minimum atomic E-state index is -0.845. The molecule has 0 radical (unpaired) electrons. The molecule has 0 saturated heterocycles. The van der Waals surface area contributed by atoms with Gasteiger partial charge < -0.3 is 15.1 Å². The summed E-state index contributed by atoms with van der Waals surface area (Å²) in [5.74, 6) is -0.883. The summed E-state index contributed by atoms with van der Waals surface area (Å²) in [6.45, 7) is 2.77. The number of aliphatic hydroxyl groups excluding tert-OH is 1. The van der Waals surface area contributed by atoms with Gasteiger partial charge in [-0.05, 0) is 6.92 Å². The Kier molecular flexibility index (Phi) is 2.32. The fourth-order valence-corrected chi connectivity index (χ4v) is 1.06. The summed E-state index contributed by atoms with van der Waals surface area (Å²) in [5.41, 5.74) is 0. The summed E-state index contributed by atoms with van der Waals surface area (Å²) in [6, 6.07) is 0. The van der Waals surface area contributed by atoms with E-state index in [9.17, 15) is 10.0 Å². The quantitative estimate of drug-likeness (QED) is 0.346. The first-order chi connectivity index (χ1) is 5.52. The molecule has 1 rings (SSSR count). The number of hydrogen-bond donors (Lipinski definition) is 1. The number of hydroxylamine groups is 1. The van der Waals surface area contributed by atoms with Crippen LogP contribution in [0.1, 0.15) is 13.8 Å². The van der Waals surface area contributed by atoms with E-state index in [1.165, 1.54) is 13.1 Å². The molecule has 0 aromatic rings. The number of esters is 1. The van der Waals surface area contributed by atoms with Crippen molar-refractivity contribution >= 4 is 12.2 Å². The van der Waals surface area contributed by atoms with Crippen LogP contribution in [0, 0.1) is 11.1 Å². The van der Waals surface area contributed by atoms with Gasteiger partial charge in [0.25, 0.3) is 0 Å². The molecule has 0 spiro atoms. The van der Waals surface area contributed by atoms with Gasteiger partial charge in [0.1, 0.15) is 0 Å². The molecule has 3 unspecified atom stereocenters. The van der Waals surface area contributed by atoms with E-state index in [0.717, 1.165) is 0 Å². The first-order valence-electron chi connectivity index (χ1n) is 3.68. The minimum Gasteiger partial charge on any atom is -0.621 e. The summed E-state index contributed by atoms with van der Waals surface area (Å²) >= 11 is 0. The molecule has 0 aromatic carbocycles. The summed E-state index contributed by atoms with van der Waals surface area (Å²) in [5, 5.41) is 19.8. The van der Waals surface area contributed by atoms with Crippen LogP contribution in [0.2, 0.25) is 0 Å². The zero-order valence-corrected chi connectivity index (χ0v) is 6.93. The highest BCUT2D eigenvalue weighted by Gasteiger charge is 2.43. The topological polar surface area (TPSA) is 72.6 Å². The van der Waals surface area contributed by atoms with Crippen LogP contribution in [0.3, 0.4) is 0 Å². The summed E-state index contributed by atoms with van der Waals surface area (Å²) in [6.07, 6.45) is -0.222. The Morgan fingerprint density at radius 3 is 2.75 bits per heavy atom. The number of nitrogens with zero attached hydrogens (tertiary/aromatic N) is 1. The van der Waals surface area contributed by atoms with Crippen LogP contribution >= 0.6 is 0 Å². The van der Waals surface area contributed by atoms with Crippen molar-refractivity contribution in [3.63, 3.8) is 0 Å². The Bertz CT molecular complexity index is 223. The van der Waals surface area contributed by atoms with Gasteiger partial charge in [-0.15, -0.1) is 0 Å². The van der Waals surface area contributed by atoms with E-state index in [0.29, 0.717) is 4.74 Å². The molecule has 0 aromatic heterocycles. The van der Waals surface area contributed by atoms with Crippen molar-refractivity contribution in [3.8, 4) is 0 Å². The molecule has 5 heteroatoms. The molecule has 0 saturated carbocycles. The van der Waals surface area contributed by atoms with Gasteiger partial charge in [-0.25, -0.2) is 0 Å². The number of carbonyl (C=O) groups is 1. The Balaban J connectivity index is 2.55. The van der Waals surface area contributed by atoms with Crippen LogP contribution in [0.5, 0.6) is 0 Å². The maximum absolute atomic E-state index is 10.8. The molecule has 0 bridgehead atoms. The lowest BCUT2D eigenvalue weighted by Crippen LogP contribution is -2.50. The second kappa shape index (κ2) is 3.10. The highest BCUT2D eigenvalue weighted by Crippen LogP contribution is 2.19. The standard InChI is InChI=1S/C7H11NO4/c1-4(9)6-3-8(11)7(6)12-5(2)10/h3-4,6-7,9H,1-2H3. The molecule has 68 valence electrons. The van der Waals surface area contributed by atoms with Crippen molar-refractivity contribution in [2.75, 3.05) is 0 Å². The summed E-state index contributed by atoms with van der Waals surface area (Å²) in [7, 11) is 0. The predicted octanol–water partition coefficient (Wildman–Crippen LogP) is -0.533. The molecule has 1 N–H and O–H groups in total. The monoisotopic (exact) mass is 173 g/mol. The Morgan fingerprint density at radius 1 is 1.83 bits per heavy atom. The van der Waals surface area contributed by atoms with E-state index in [4.69, 9.17) is 5.11 Å². The lowest BCUT2D eigenvalue weighted by molar-refractivity contribution is -0.588. The van der Waals surface area contributed by atoms with Crippen LogP contribution < -0.4 is 0 Å². The molecule has 0 aliphatic carbocycles. The van der Waals surface area contributed by atoms with Crippen LogP contribution in [-0.4, -0.2) is 34.4 Å². The van der Waals surface area contributed by atoms with Crippen molar-refractivity contribution in [2.24, 2.45) is 5.92 Å². The Morgan fingerprint density at radius 2 is 2.42 bits per heavy atom. The van der Waals surface area contributed by atoms with E-state index in [1.54, 1.807) is 6.92 Å². The van der Waals surface area contributed by atoms with Crippen LogP contribution in [0.15, 0.2) is 0 Å². The lowest BCUT2D eigenvalue weighted by Gasteiger charge is -2.30. The largest absolute Gasteiger partial charge is 0.621 e. The second-order valence-electron chi connectivity index (χ2n) is 2.83. The Hall–Kier alpha value is -1.10. The van der Waals surface area contributed by atoms with Crippen molar-refractivity contribution in [1.29, 1.82) is 0 Å². The molecular formula is C7H11NO4. The van der Waals surface area contributed by atoms with Gasteiger partial charge in [0.05, 0.1) is 6.10 Å². The number of rotatable bonds is 2. The van der Waals surface area contributed by atoms with Crippen molar-refractivity contribution < 1.29 is 19.4 Å². The number of ether oxygens (including phenoxy) is 1. The maximum Gasteiger partial charge on any atom is 0.323 e. The summed E-state index contributed by atoms with van der Waals surface area (Å²) < 4.78 is 5.18. The van der Waals surface area contributed by atoms with Gasteiger partial charge in [-0.3, -0.25) is 4.79 Å². The number of aliphatic hydroxyl groups is 1. The average Bonchev–Trinajstić information content (AvgIpc) is 1.95. The van der Waals surface area contributed by atoms with Gasteiger partial charge >= 0.3 is 12.2 Å². The molecule has 1 aliphatic rings. The van der Waals surface area contributed by atoms with E-state index >= 15 is 0 Å². The van der Waals surface area contributed by atoms with Gasteiger partial charge in [-0.2, -0.15) is 4.74 Å². The smallest absolute Gasteiger partial charge is 0.323 e. The molecule has 1 heterocycles. The predicted molar refractivity (Wildman–Crippen MR) is 40.4 cm³/mol. The molecule has 5 nitrogen and oxygen atoms in total. The van der Waals surface area contributed by atoms with Crippen LogP contribution in [-0.2, 0) is 9.53 Å². The number of hydrogen-bond acceptors (Lipinski definition) is 4. The van der Waals surface area contributed by atoms with Gasteiger partial charge in [0, 0.05) is 6.92 Å². The molecule has 0 amide bonds. The lowest BCUT2D eigenvalue weighted by atomic mass is 9.98. The third kappa shape index (κ3) is 1.55. The van der Waals surface area contributed by atoms with Gasteiger partial charge in [-0.1, -0.05) is 0 Å². The highest BCUT2D eigenvalue weighted by atomic mass is 16.6. The normalized spacial score (nSPS) is 30.1. The minimum absolute atomic E-state index is 0.369. The second-order valence-corrected chi connectivity index (χ2v) is 2.83. The molecule has 3 atom stereocenters. The van der Waals surface area contributed by atoms with E-state index in [2.05, 4.69) is 4.74 Å². The zero-order valence-electron chi connectivity index (χ0n) is 6.93. The van der Waals surface area contributed by atoms with Gasteiger partial charge in [0.2, 0.25) is 0 Å². The van der Waals surface area contributed by atoms with Crippen LogP contribution in [0.25, 0.3) is 0 Å². The molecule has 0 fully saturated rings.